The van der Waals surface area contributed by atoms with E-state index in [4.69, 9.17) is 5.26 Å². The first-order valence-electron chi connectivity index (χ1n) is 5.89. The molecule has 1 aromatic carbocycles. The van der Waals surface area contributed by atoms with E-state index in [1.54, 1.807) is 12.1 Å². The van der Waals surface area contributed by atoms with Gasteiger partial charge in [-0.2, -0.15) is 18.0 Å². The molecule has 2 N–H and O–H groups in total. The van der Waals surface area contributed by atoms with Crippen molar-refractivity contribution in [2.45, 2.75) is 13.3 Å². The summed E-state index contributed by atoms with van der Waals surface area (Å²) in [6.07, 6.45) is 0.917. The molecule has 6 nitrogen and oxygen atoms in total. The smallest absolute Gasteiger partial charge is 0.301 e. The fourth-order valence-corrected chi connectivity index (χ4v) is 1.97. The summed E-state index contributed by atoms with van der Waals surface area (Å²) in [6.45, 7) is 2.74. The molecule has 0 aliphatic carbocycles. The Morgan fingerprint density at radius 2 is 2.00 bits per heavy atom. The van der Waals surface area contributed by atoms with Crippen LogP contribution in [0, 0.1) is 11.3 Å². The van der Waals surface area contributed by atoms with Gasteiger partial charge in [0.05, 0.1) is 23.0 Å². The van der Waals surface area contributed by atoms with Crippen molar-refractivity contribution < 1.29 is 8.42 Å². The number of benzene rings is 1. The van der Waals surface area contributed by atoms with Crippen LogP contribution in [0.2, 0.25) is 0 Å². The summed E-state index contributed by atoms with van der Waals surface area (Å²) in [5.74, 6) is 0. The Morgan fingerprint density at radius 3 is 2.53 bits per heavy atom. The van der Waals surface area contributed by atoms with Crippen LogP contribution in [0.5, 0.6) is 0 Å². The minimum absolute atomic E-state index is 0.376. The van der Waals surface area contributed by atoms with Gasteiger partial charge in [-0.25, -0.2) is 0 Å². The Morgan fingerprint density at radius 1 is 1.32 bits per heavy atom. The number of hydrogen-bond acceptors (Lipinski definition) is 4. The van der Waals surface area contributed by atoms with Crippen molar-refractivity contribution in [3.8, 4) is 6.07 Å². The minimum atomic E-state index is -3.59. The zero-order valence-electron chi connectivity index (χ0n) is 11.3. The molecule has 0 atom stereocenters. The van der Waals surface area contributed by atoms with Crippen LogP contribution in [0.25, 0.3) is 0 Å². The summed E-state index contributed by atoms with van der Waals surface area (Å²) in [4.78, 5) is 0. The topological polar surface area (TPSA) is 85.2 Å². The zero-order valence-corrected chi connectivity index (χ0v) is 12.1. The highest BCUT2D eigenvalue weighted by molar-refractivity contribution is 7.90. The molecule has 104 valence electrons. The van der Waals surface area contributed by atoms with Gasteiger partial charge in [0.1, 0.15) is 0 Å². The van der Waals surface area contributed by atoms with Gasteiger partial charge in [0.2, 0.25) is 0 Å². The highest BCUT2D eigenvalue weighted by Crippen LogP contribution is 2.24. The standard InChI is InChI=1S/C12H18N4O2S/c1-4-7-14-11-6-5-10(9-13)8-12(11)15-19(17,18)16(2)3/h5-6,8,14-15H,4,7H2,1-3H3. The molecular weight excluding hydrogens is 264 g/mol. The van der Waals surface area contributed by atoms with Crippen LogP contribution in [-0.4, -0.2) is 33.4 Å². The predicted molar refractivity (Wildman–Crippen MR) is 76.2 cm³/mol. The van der Waals surface area contributed by atoms with Crippen molar-refractivity contribution in [3.63, 3.8) is 0 Å². The SMILES string of the molecule is CCCNc1ccc(C#N)cc1NS(=O)(=O)N(C)C. The Kier molecular flexibility index (Phi) is 5.15. The Hall–Kier alpha value is -1.78. The van der Waals surface area contributed by atoms with Crippen molar-refractivity contribution >= 4 is 21.6 Å². The van der Waals surface area contributed by atoms with E-state index in [1.807, 2.05) is 13.0 Å². The van der Waals surface area contributed by atoms with Crippen molar-refractivity contribution in [1.29, 1.82) is 5.26 Å². The quantitative estimate of drug-likeness (QED) is 0.830. The average Bonchev–Trinajstić information content (AvgIpc) is 2.36. The number of nitrogens with one attached hydrogen (secondary N) is 2. The van der Waals surface area contributed by atoms with Gasteiger partial charge in [0, 0.05) is 20.6 Å². The number of anilines is 2. The number of nitrogens with zero attached hydrogens (tertiary/aromatic N) is 2. The van der Waals surface area contributed by atoms with Crippen LogP contribution in [0.4, 0.5) is 11.4 Å². The van der Waals surface area contributed by atoms with Crippen LogP contribution in [0.15, 0.2) is 18.2 Å². The van der Waals surface area contributed by atoms with Crippen molar-refractivity contribution in [2.24, 2.45) is 0 Å². The van der Waals surface area contributed by atoms with Crippen LogP contribution in [-0.2, 0) is 10.2 Å². The second-order valence-electron chi connectivity index (χ2n) is 4.19. The van der Waals surface area contributed by atoms with Crippen molar-refractivity contribution in [1.82, 2.24) is 4.31 Å². The molecule has 0 spiro atoms. The van der Waals surface area contributed by atoms with E-state index < -0.39 is 10.2 Å². The van der Waals surface area contributed by atoms with Gasteiger partial charge in [0.25, 0.3) is 0 Å². The maximum Gasteiger partial charge on any atom is 0.301 e. The Bertz CT molecular complexity index is 576. The molecule has 0 bridgehead atoms. The minimum Gasteiger partial charge on any atom is -0.383 e. The lowest BCUT2D eigenvalue weighted by molar-refractivity contribution is 0.527. The van der Waals surface area contributed by atoms with Gasteiger partial charge in [-0.15, -0.1) is 0 Å². The normalized spacial score (nSPS) is 11.1. The molecule has 0 unspecified atom stereocenters. The van der Waals surface area contributed by atoms with Crippen LogP contribution in [0.1, 0.15) is 18.9 Å². The fourth-order valence-electron chi connectivity index (χ4n) is 1.34. The molecule has 1 aromatic rings. The van der Waals surface area contributed by atoms with Gasteiger partial charge in [-0.3, -0.25) is 4.72 Å². The van der Waals surface area contributed by atoms with Crippen molar-refractivity contribution in [3.05, 3.63) is 23.8 Å². The maximum absolute atomic E-state index is 11.8. The first-order chi connectivity index (χ1) is 8.90. The van der Waals surface area contributed by atoms with Gasteiger partial charge in [0.15, 0.2) is 0 Å². The second-order valence-corrected chi connectivity index (χ2v) is 6.07. The van der Waals surface area contributed by atoms with Gasteiger partial charge in [-0.1, -0.05) is 6.92 Å². The monoisotopic (exact) mass is 282 g/mol. The fraction of sp³-hybridized carbons (Fsp3) is 0.417. The van der Waals surface area contributed by atoms with E-state index in [9.17, 15) is 8.42 Å². The van der Waals surface area contributed by atoms with Gasteiger partial charge < -0.3 is 5.32 Å². The van der Waals surface area contributed by atoms with E-state index in [-0.39, 0.29) is 0 Å². The molecule has 7 heteroatoms. The lowest BCUT2D eigenvalue weighted by Gasteiger charge is -2.17. The molecular formula is C12H18N4O2S. The van der Waals surface area contributed by atoms with Crippen LogP contribution < -0.4 is 10.0 Å². The lowest BCUT2D eigenvalue weighted by Crippen LogP contribution is -2.29. The third-order valence-corrected chi connectivity index (χ3v) is 3.87. The molecule has 0 aliphatic rings. The summed E-state index contributed by atoms with van der Waals surface area (Å²) in [7, 11) is -0.710. The summed E-state index contributed by atoms with van der Waals surface area (Å²) in [5, 5.41) is 12.0. The van der Waals surface area contributed by atoms with Crippen molar-refractivity contribution in [2.75, 3.05) is 30.7 Å². The molecule has 0 fully saturated rings. The third kappa shape index (κ3) is 4.12. The van der Waals surface area contributed by atoms with Crippen LogP contribution in [0.3, 0.4) is 0 Å². The molecule has 0 aromatic heterocycles. The molecule has 0 heterocycles. The predicted octanol–water partition coefficient (Wildman–Crippen LogP) is 1.60. The molecule has 0 radical (unpaired) electrons. The average molecular weight is 282 g/mol. The van der Waals surface area contributed by atoms with Crippen LogP contribution >= 0.6 is 0 Å². The highest BCUT2D eigenvalue weighted by atomic mass is 32.2. The number of nitriles is 1. The summed E-state index contributed by atoms with van der Waals surface area (Å²) in [5.41, 5.74) is 1.44. The second kappa shape index (κ2) is 6.41. The zero-order chi connectivity index (χ0) is 14.5. The Labute approximate surface area is 114 Å². The highest BCUT2D eigenvalue weighted by Gasteiger charge is 2.15. The van der Waals surface area contributed by atoms with E-state index in [0.29, 0.717) is 16.9 Å². The van der Waals surface area contributed by atoms with Gasteiger partial charge in [-0.05, 0) is 24.6 Å². The first-order valence-corrected chi connectivity index (χ1v) is 7.33. The summed E-state index contributed by atoms with van der Waals surface area (Å²) < 4.78 is 27.2. The molecule has 19 heavy (non-hydrogen) atoms. The number of rotatable bonds is 6. The molecule has 0 saturated carbocycles. The molecule has 0 amide bonds. The molecule has 0 aliphatic heterocycles. The van der Waals surface area contributed by atoms with Gasteiger partial charge >= 0.3 is 10.2 Å². The molecule has 0 saturated heterocycles. The van der Waals surface area contributed by atoms with E-state index in [2.05, 4.69) is 10.0 Å². The lowest BCUT2D eigenvalue weighted by atomic mass is 10.2. The molecule has 1 rings (SSSR count). The third-order valence-electron chi connectivity index (χ3n) is 2.43. The summed E-state index contributed by atoms with van der Waals surface area (Å²) >= 11 is 0. The first kappa shape index (κ1) is 15.3. The maximum atomic E-state index is 11.8. The summed E-state index contributed by atoms with van der Waals surface area (Å²) in [6, 6.07) is 6.84. The Balaban J connectivity index is 3.12. The number of hydrogen-bond donors (Lipinski definition) is 2. The van der Waals surface area contributed by atoms with E-state index >= 15 is 0 Å². The largest absolute Gasteiger partial charge is 0.383 e. The van der Waals surface area contributed by atoms with E-state index in [1.165, 1.54) is 20.2 Å². The van der Waals surface area contributed by atoms with E-state index in [0.717, 1.165) is 17.3 Å².